The lowest BCUT2D eigenvalue weighted by Gasteiger charge is -2.45. The van der Waals surface area contributed by atoms with E-state index in [1.54, 1.807) is 24.3 Å². The van der Waals surface area contributed by atoms with Crippen molar-refractivity contribution in [3.05, 3.63) is 54.6 Å². The average Bonchev–Trinajstić information content (AvgIpc) is 3.12. The Balaban J connectivity index is 1.42. The van der Waals surface area contributed by atoms with Crippen molar-refractivity contribution >= 4 is 23.2 Å². The molecule has 0 bridgehead atoms. The predicted octanol–water partition coefficient (Wildman–Crippen LogP) is 3.76. The van der Waals surface area contributed by atoms with E-state index in [9.17, 15) is 19.8 Å². The number of amides is 2. The van der Waals surface area contributed by atoms with Gasteiger partial charge in [0.15, 0.2) is 0 Å². The van der Waals surface area contributed by atoms with Crippen molar-refractivity contribution in [2.75, 3.05) is 11.5 Å². The molecule has 2 N–H and O–H groups in total. The molecule has 8 nitrogen and oxygen atoms in total. The first-order chi connectivity index (χ1) is 17.3. The molecule has 6 atom stereocenters. The van der Waals surface area contributed by atoms with Gasteiger partial charge in [-0.25, -0.2) is 4.90 Å². The van der Waals surface area contributed by atoms with Crippen LogP contribution in [-0.2, 0) is 14.4 Å². The molecule has 2 amide bonds. The van der Waals surface area contributed by atoms with E-state index in [0.717, 1.165) is 0 Å². The Morgan fingerprint density at radius 3 is 2.44 bits per heavy atom. The number of ether oxygens (including phenoxy) is 1. The number of hydrogen-bond acceptors (Lipinski definition) is 7. The molecule has 1 aliphatic heterocycles. The summed E-state index contributed by atoms with van der Waals surface area (Å²) in [5, 5.41) is 25.9. The number of carbonyl (C=O) groups is 2. The number of anilines is 1. The molecule has 1 saturated heterocycles. The number of para-hydroxylation sites is 1. The standard InChI is InChI=1S/C28H32N2O6/c1-16(2)15-35-29-22-14-23(31)26(32)24-20(22)11-12-21-25(24)28(34)30(27(21)33)17-7-6-10-19(13-17)36-18-8-4-3-5-9-18/h3-10,13,16,20-21,23-26,31-32H,11-12,14-15H2,1-2H3/t20-,21-,23-,24+,25-,26-/m1/s1. The zero-order valence-electron chi connectivity index (χ0n) is 20.5. The summed E-state index contributed by atoms with van der Waals surface area (Å²) in [6.07, 6.45) is -0.868. The van der Waals surface area contributed by atoms with Crippen LogP contribution in [0, 0.1) is 29.6 Å². The van der Waals surface area contributed by atoms with E-state index in [0.29, 0.717) is 48.3 Å². The fraction of sp³-hybridized carbons (Fsp3) is 0.464. The first-order valence-corrected chi connectivity index (χ1v) is 12.6. The largest absolute Gasteiger partial charge is 0.457 e. The molecule has 3 fully saturated rings. The third-order valence-electron chi connectivity index (χ3n) is 7.42. The summed E-state index contributed by atoms with van der Waals surface area (Å²) >= 11 is 0. The summed E-state index contributed by atoms with van der Waals surface area (Å²) in [5.74, 6) is -1.27. The number of nitrogens with zero attached hydrogens (tertiary/aromatic N) is 2. The molecule has 2 saturated carbocycles. The van der Waals surface area contributed by atoms with E-state index in [-0.39, 0.29) is 24.2 Å². The maximum atomic E-state index is 13.7. The molecule has 2 aliphatic carbocycles. The van der Waals surface area contributed by atoms with Crippen molar-refractivity contribution in [3.8, 4) is 11.5 Å². The summed E-state index contributed by atoms with van der Waals surface area (Å²) in [5.41, 5.74) is 1.10. The summed E-state index contributed by atoms with van der Waals surface area (Å²) in [4.78, 5) is 33.9. The SMILES string of the molecule is CC(C)CON=C1C[C@@H](O)[C@@H](O)[C@@H]2[C@@H]3C(=O)N(c4cccc(Oc5ccccc5)c4)C(=O)[C@@H]3CC[C@H]12. The molecule has 36 heavy (non-hydrogen) atoms. The number of benzene rings is 2. The Labute approximate surface area is 210 Å². The zero-order chi connectivity index (χ0) is 25.4. The van der Waals surface area contributed by atoms with Gasteiger partial charge in [-0.2, -0.15) is 0 Å². The summed E-state index contributed by atoms with van der Waals surface area (Å²) in [6, 6.07) is 16.2. The van der Waals surface area contributed by atoms with Gasteiger partial charge in [-0.1, -0.05) is 43.3 Å². The van der Waals surface area contributed by atoms with E-state index < -0.39 is 30.0 Å². The predicted molar refractivity (Wildman–Crippen MR) is 134 cm³/mol. The Bertz CT molecular complexity index is 1150. The third-order valence-corrected chi connectivity index (χ3v) is 7.42. The molecule has 5 rings (SSSR count). The molecule has 190 valence electrons. The lowest BCUT2D eigenvalue weighted by molar-refractivity contribution is -0.132. The van der Waals surface area contributed by atoms with E-state index in [2.05, 4.69) is 5.16 Å². The Morgan fingerprint density at radius 2 is 1.69 bits per heavy atom. The number of aliphatic hydroxyl groups excluding tert-OH is 2. The number of fused-ring (bicyclic) bond motifs is 3. The van der Waals surface area contributed by atoms with Gasteiger partial charge in [0.05, 0.1) is 35.4 Å². The highest BCUT2D eigenvalue weighted by atomic mass is 16.6. The topological polar surface area (TPSA) is 109 Å². The molecule has 2 aromatic carbocycles. The van der Waals surface area contributed by atoms with Gasteiger partial charge in [0, 0.05) is 24.3 Å². The minimum Gasteiger partial charge on any atom is -0.457 e. The number of carbonyl (C=O) groups excluding carboxylic acids is 2. The summed E-state index contributed by atoms with van der Waals surface area (Å²) < 4.78 is 5.90. The van der Waals surface area contributed by atoms with Crippen LogP contribution in [0.5, 0.6) is 11.5 Å². The van der Waals surface area contributed by atoms with Crippen molar-refractivity contribution < 1.29 is 29.4 Å². The maximum absolute atomic E-state index is 13.7. The van der Waals surface area contributed by atoms with Gasteiger partial charge >= 0.3 is 0 Å². The zero-order valence-corrected chi connectivity index (χ0v) is 20.5. The Hall–Kier alpha value is -3.23. The minimum absolute atomic E-state index is 0.197. The number of hydrogen-bond donors (Lipinski definition) is 2. The molecular formula is C28H32N2O6. The van der Waals surface area contributed by atoms with Gasteiger partial charge < -0.3 is 19.8 Å². The summed E-state index contributed by atoms with van der Waals surface area (Å²) in [6.45, 7) is 4.48. The Morgan fingerprint density at radius 1 is 0.972 bits per heavy atom. The molecule has 2 aromatic rings. The van der Waals surface area contributed by atoms with Crippen LogP contribution in [0.25, 0.3) is 0 Å². The molecule has 0 radical (unpaired) electrons. The smallest absolute Gasteiger partial charge is 0.238 e. The minimum atomic E-state index is -1.11. The van der Waals surface area contributed by atoms with Gasteiger partial charge in [-0.3, -0.25) is 9.59 Å². The Kier molecular flexibility index (Phi) is 6.81. The quantitative estimate of drug-likeness (QED) is 0.470. The van der Waals surface area contributed by atoms with Gasteiger partial charge in [0.25, 0.3) is 0 Å². The van der Waals surface area contributed by atoms with Crippen LogP contribution in [0.1, 0.15) is 33.1 Å². The second kappa shape index (κ2) is 10.0. The van der Waals surface area contributed by atoms with Crippen LogP contribution in [0.15, 0.2) is 59.8 Å². The van der Waals surface area contributed by atoms with Crippen LogP contribution in [0.4, 0.5) is 5.69 Å². The molecule has 0 aromatic heterocycles. The molecular weight excluding hydrogens is 460 g/mol. The van der Waals surface area contributed by atoms with Crippen LogP contribution < -0.4 is 9.64 Å². The first kappa shape index (κ1) is 24.5. The normalized spacial score (nSPS) is 30.9. The van der Waals surface area contributed by atoms with Gasteiger partial charge in [0.1, 0.15) is 18.1 Å². The highest BCUT2D eigenvalue weighted by molar-refractivity contribution is 6.22. The fourth-order valence-corrected chi connectivity index (χ4v) is 5.81. The van der Waals surface area contributed by atoms with Gasteiger partial charge in [-0.15, -0.1) is 0 Å². The van der Waals surface area contributed by atoms with Gasteiger partial charge in [-0.05, 0) is 43.0 Å². The van der Waals surface area contributed by atoms with Crippen LogP contribution in [0.2, 0.25) is 0 Å². The third kappa shape index (κ3) is 4.51. The van der Waals surface area contributed by atoms with Crippen LogP contribution in [0.3, 0.4) is 0 Å². The van der Waals surface area contributed by atoms with E-state index in [1.165, 1.54) is 4.90 Å². The monoisotopic (exact) mass is 492 g/mol. The van der Waals surface area contributed by atoms with E-state index in [4.69, 9.17) is 9.57 Å². The molecule has 0 unspecified atom stereocenters. The van der Waals surface area contributed by atoms with Crippen molar-refractivity contribution in [3.63, 3.8) is 0 Å². The number of aliphatic hydroxyl groups is 2. The molecule has 3 aliphatic rings. The maximum Gasteiger partial charge on any atom is 0.238 e. The average molecular weight is 493 g/mol. The number of oxime groups is 1. The number of rotatable bonds is 6. The van der Waals surface area contributed by atoms with E-state index in [1.807, 2.05) is 44.2 Å². The van der Waals surface area contributed by atoms with Crippen molar-refractivity contribution in [2.45, 2.75) is 45.3 Å². The van der Waals surface area contributed by atoms with Crippen molar-refractivity contribution in [1.82, 2.24) is 0 Å². The second-order valence-corrected chi connectivity index (χ2v) is 10.4. The lowest BCUT2D eigenvalue weighted by Crippen LogP contribution is -2.54. The van der Waals surface area contributed by atoms with Crippen molar-refractivity contribution in [2.24, 2.45) is 34.7 Å². The fourth-order valence-electron chi connectivity index (χ4n) is 5.81. The van der Waals surface area contributed by atoms with Crippen LogP contribution >= 0.6 is 0 Å². The summed E-state index contributed by atoms with van der Waals surface area (Å²) in [7, 11) is 0. The highest BCUT2D eigenvalue weighted by Gasteiger charge is 2.60. The lowest BCUT2D eigenvalue weighted by atomic mass is 9.60. The molecule has 1 heterocycles. The van der Waals surface area contributed by atoms with Crippen molar-refractivity contribution in [1.29, 1.82) is 0 Å². The highest BCUT2D eigenvalue weighted by Crippen LogP contribution is 2.50. The molecule has 8 heteroatoms. The first-order valence-electron chi connectivity index (χ1n) is 12.6. The second-order valence-electron chi connectivity index (χ2n) is 10.4. The van der Waals surface area contributed by atoms with Gasteiger partial charge in [0.2, 0.25) is 11.8 Å². The molecule has 0 spiro atoms. The number of imide groups is 1. The van der Waals surface area contributed by atoms with E-state index >= 15 is 0 Å². The van der Waals surface area contributed by atoms with Crippen LogP contribution in [-0.4, -0.2) is 46.6 Å².